The highest BCUT2D eigenvalue weighted by atomic mass is 16.1. The summed E-state index contributed by atoms with van der Waals surface area (Å²) in [6.45, 7) is 2.74. The first-order chi connectivity index (χ1) is 8.63. The van der Waals surface area contributed by atoms with E-state index in [1.165, 1.54) is 0 Å². The Balaban J connectivity index is 2.13. The lowest BCUT2D eigenvalue weighted by Gasteiger charge is -2.22. The molecular formula is C14H17N3O. The highest BCUT2D eigenvalue weighted by Gasteiger charge is 2.18. The molecule has 0 saturated carbocycles. The Labute approximate surface area is 107 Å². The van der Waals surface area contributed by atoms with Crippen molar-refractivity contribution in [2.45, 2.75) is 19.8 Å². The third kappa shape index (κ3) is 2.45. The minimum atomic E-state index is 0.0445. The first-order valence-corrected chi connectivity index (χ1v) is 6.17. The molecule has 94 valence electrons. The van der Waals surface area contributed by atoms with E-state index >= 15 is 0 Å². The predicted octanol–water partition coefficient (Wildman–Crippen LogP) is 2.17. The van der Waals surface area contributed by atoms with E-state index < -0.39 is 0 Å². The highest BCUT2D eigenvalue weighted by Crippen LogP contribution is 2.27. The predicted molar refractivity (Wildman–Crippen MR) is 71.4 cm³/mol. The molecule has 1 aromatic carbocycles. The minimum Gasteiger partial charge on any atom is -0.373 e. The number of nitriles is 1. The highest BCUT2D eigenvalue weighted by molar-refractivity contribution is 5.99. The normalized spacial score (nSPS) is 14.6. The zero-order valence-electron chi connectivity index (χ0n) is 10.7. The van der Waals surface area contributed by atoms with Crippen molar-refractivity contribution in [3.05, 3.63) is 23.8 Å². The molecule has 1 aliphatic rings. The third-order valence-corrected chi connectivity index (χ3v) is 3.32. The Kier molecular flexibility index (Phi) is 3.52. The van der Waals surface area contributed by atoms with E-state index in [2.05, 4.69) is 16.3 Å². The topological polar surface area (TPSA) is 56.1 Å². The molecule has 0 radical (unpaired) electrons. The molecule has 1 amide bonds. The van der Waals surface area contributed by atoms with Gasteiger partial charge in [0.25, 0.3) is 0 Å². The molecule has 1 aromatic rings. The SMILES string of the molecule is CCC(C#N)CN(C)c1ccc2c(c1)CC(=O)N2. The summed E-state index contributed by atoms with van der Waals surface area (Å²) >= 11 is 0. The summed E-state index contributed by atoms with van der Waals surface area (Å²) < 4.78 is 0. The van der Waals surface area contributed by atoms with E-state index in [4.69, 9.17) is 5.26 Å². The molecule has 1 unspecified atom stereocenters. The number of nitrogens with one attached hydrogen (secondary N) is 1. The van der Waals surface area contributed by atoms with Gasteiger partial charge in [-0.1, -0.05) is 6.92 Å². The van der Waals surface area contributed by atoms with Crippen LogP contribution in [-0.4, -0.2) is 19.5 Å². The maximum absolute atomic E-state index is 11.3. The number of carbonyl (C=O) groups is 1. The number of hydrogen-bond acceptors (Lipinski definition) is 3. The van der Waals surface area contributed by atoms with Gasteiger partial charge in [0.15, 0.2) is 0 Å². The first kappa shape index (κ1) is 12.4. The Bertz CT molecular complexity index is 504. The summed E-state index contributed by atoms with van der Waals surface area (Å²) in [6.07, 6.45) is 1.30. The molecular weight excluding hydrogens is 226 g/mol. The number of carbonyl (C=O) groups excluding carboxylic acids is 1. The largest absolute Gasteiger partial charge is 0.373 e. The van der Waals surface area contributed by atoms with Crippen LogP contribution in [0.15, 0.2) is 18.2 Å². The number of anilines is 2. The summed E-state index contributed by atoms with van der Waals surface area (Å²) in [5.74, 6) is 0.0938. The Morgan fingerprint density at radius 2 is 2.33 bits per heavy atom. The molecule has 0 aliphatic carbocycles. The third-order valence-electron chi connectivity index (χ3n) is 3.32. The smallest absolute Gasteiger partial charge is 0.228 e. The monoisotopic (exact) mass is 243 g/mol. The standard InChI is InChI=1S/C14H17N3O/c1-3-10(8-15)9-17(2)12-4-5-13-11(6-12)7-14(18)16-13/h4-6,10H,3,7,9H2,1-2H3,(H,16,18). The molecule has 18 heavy (non-hydrogen) atoms. The van der Waals surface area contributed by atoms with Gasteiger partial charge in [0.05, 0.1) is 18.4 Å². The maximum Gasteiger partial charge on any atom is 0.228 e. The number of nitrogens with zero attached hydrogens (tertiary/aromatic N) is 2. The molecule has 4 nitrogen and oxygen atoms in total. The fourth-order valence-corrected chi connectivity index (χ4v) is 2.15. The zero-order valence-corrected chi connectivity index (χ0v) is 10.7. The van der Waals surface area contributed by atoms with Crippen LogP contribution >= 0.6 is 0 Å². The molecule has 2 rings (SSSR count). The van der Waals surface area contributed by atoms with Gasteiger partial charge >= 0.3 is 0 Å². The van der Waals surface area contributed by atoms with Gasteiger partial charge in [-0.15, -0.1) is 0 Å². The van der Waals surface area contributed by atoms with Crippen molar-refractivity contribution >= 4 is 17.3 Å². The maximum atomic E-state index is 11.3. The lowest BCUT2D eigenvalue weighted by atomic mass is 10.1. The second-order valence-corrected chi connectivity index (χ2v) is 4.68. The summed E-state index contributed by atoms with van der Waals surface area (Å²) in [7, 11) is 1.98. The van der Waals surface area contributed by atoms with Gasteiger partial charge in [0.1, 0.15) is 0 Å². The van der Waals surface area contributed by atoms with Gasteiger partial charge in [-0.2, -0.15) is 5.26 Å². The van der Waals surface area contributed by atoms with Gasteiger partial charge in [0, 0.05) is 25.0 Å². The molecule has 0 saturated heterocycles. The molecule has 1 heterocycles. The molecule has 0 aromatic heterocycles. The number of amides is 1. The van der Waals surface area contributed by atoms with Crippen molar-refractivity contribution in [3.63, 3.8) is 0 Å². The van der Waals surface area contributed by atoms with Crippen LogP contribution in [0, 0.1) is 17.2 Å². The van der Waals surface area contributed by atoms with Crippen molar-refractivity contribution in [1.82, 2.24) is 0 Å². The van der Waals surface area contributed by atoms with E-state index in [0.717, 1.165) is 23.4 Å². The second kappa shape index (κ2) is 5.09. The summed E-state index contributed by atoms with van der Waals surface area (Å²) in [4.78, 5) is 13.4. The van der Waals surface area contributed by atoms with Crippen LogP contribution < -0.4 is 10.2 Å². The molecule has 0 spiro atoms. The van der Waals surface area contributed by atoms with Gasteiger partial charge in [0.2, 0.25) is 5.91 Å². The molecule has 0 fully saturated rings. The van der Waals surface area contributed by atoms with Crippen LogP contribution in [0.1, 0.15) is 18.9 Å². The quantitative estimate of drug-likeness (QED) is 0.881. The van der Waals surface area contributed by atoms with Crippen LogP contribution in [-0.2, 0) is 11.2 Å². The summed E-state index contributed by atoms with van der Waals surface area (Å²) in [5.41, 5.74) is 3.00. The second-order valence-electron chi connectivity index (χ2n) is 4.68. The van der Waals surface area contributed by atoms with Crippen molar-refractivity contribution in [1.29, 1.82) is 5.26 Å². The molecule has 0 bridgehead atoms. The fraction of sp³-hybridized carbons (Fsp3) is 0.429. The number of fused-ring (bicyclic) bond motifs is 1. The van der Waals surface area contributed by atoms with Crippen molar-refractivity contribution in [2.24, 2.45) is 5.92 Å². The Morgan fingerprint density at radius 3 is 3.00 bits per heavy atom. The van der Waals surface area contributed by atoms with Crippen LogP contribution in [0.3, 0.4) is 0 Å². The first-order valence-electron chi connectivity index (χ1n) is 6.17. The molecule has 1 atom stereocenters. The fourth-order valence-electron chi connectivity index (χ4n) is 2.15. The average molecular weight is 243 g/mol. The van der Waals surface area contributed by atoms with Crippen molar-refractivity contribution < 1.29 is 4.79 Å². The van der Waals surface area contributed by atoms with Gasteiger partial charge in [-0.05, 0) is 30.2 Å². The van der Waals surface area contributed by atoms with Crippen LogP contribution in [0.2, 0.25) is 0 Å². The van der Waals surface area contributed by atoms with Gasteiger partial charge < -0.3 is 10.2 Å². The van der Waals surface area contributed by atoms with Crippen molar-refractivity contribution in [2.75, 3.05) is 23.8 Å². The van der Waals surface area contributed by atoms with E-state index in [1.54, 1.807) is 0 Å². The number of benzene rings is 1. The molecule has 4 heteroatoms. The van der Waals surface area contributed by atoms with Crippen LogP contribution in [0.25, 0.3) is 0 Å². The van der Waals surface area contributed by atoms with Crippen LogP contribution in [0.5, 0.6) is 0 Å². The number of rotatable bonds is 4. The summed E-state index contributed by atoms with van der Waals surface area (Å²) in [6, 6.07) is 8.24. The Hall–Kier alpha value is -2.02. The van der Waals surface area contributed by atoms with E-state index in [9.17, 15) is 4.79 Å². The zero-order chi connectivity index (χ0) is 13.1. The average Bonchev–Trinajstić information content (AvgIpc) is 2.74. The van der Waals surface area contributed by atoms with Gasteiger partial charge in [-0.3, -0.25) is 4.79 Å². The van der Waals surface area contributed by atoms with E-state index in [-0.39, 0.29) is 11.8 Å². The van der Waals surface area contributed by atoms with E-state index in [0.29, 0.717) is 13.0 Å². The van der Waals surface area contributed by atoms with Crippen molar-refractivity contribution in [3.8, 4) is 6.07 Å². The Morgan fingerprint density at radius 1 is 1.56 bits per heavy atom. The van der Waals surface area contributed by atoms with Crippen LogP contribution in [0.4, 0.5) is 11.4 Å². The summed E-state index contributed by atoms with van der Waals surface area (Å²) in [5, 5.41) is 11.8. The molecule has 1 aliphatic heterocycles. The minimum absolute atomic E-state index is 0.0445. The lowest BCUT2D eigenvalue weighted by molar-refractivity contribution is -0.115. The molecule has 1 N–H and O–H groups in total. The number of hydrogen-bond donors (Lipinski definition) is 1. The van der Waals surface area contributed by atoms with Gasteiger partial charge in [-0.25, -0.2) is 0 Å². The van der Waals surface area contributed by atoms with E-state index in [1.807, 2.05) is 32.2 Å². The lowest BCUT2D eigenvalue weighted by Crippen LogP contribution is -2.24.